The summed E-state index contributed by atoms with van der Waals surface area (Å²) in [5, 5.41) is 0. The van der Waals surface area contributed by atoms with Gasteiger partial charge in [-0.25, -0.2) is 4.79 Å². The normalized spacial score (nSPS) is 25.3. The molecule has 4 rings (SSSR count). The van der Waals surface area contributed by atoms with Crippen molar-refractivity contribution in [2.75, 3.05) is 13.1 Å². The van der Waals surface area contributed by atoms with Crippen LogP contribution in [0.1, 0.15) is 37.0 Å². The maximum Gasteiger partial charge on any atom is 0.411 e. The van der Waals surface area contributed by atoms with E-state index < -0.39 is 0 Å². The second-order valence-corrected chi connectivity index (χ2v) is 7.00. The van der Waals surface area contributed by atoms with Gasteiger partial charge in [0.25, 0.3) is 0 Å². The Balaban J connectivity index is 1.38. The van der Waals surface area contributed by atoms with Crippen LogP contribution in [0.3, 0.4) is 0 Å². The summed E-state index contributed by atoms with van der Waals surface area (Å²) in [4.78, 5) is 16.9. The summed E-state index contributed by atoms with van der Waals surface area (Å²) in [5.74, 6) is 0. The van der Waals surface area contributed by atoms with Gasteiger partial charge < -0.3 is 9.15 Å². The molecule has 1 amide bonds. The van der Waals surface area contributed by atoms with E-state index in [1.54, 1.807) is 12.5 Å². The highest BCUT2D eigenvalue weighted by molar-refractivity contribution is 5.71. The van der Waals surface area contributed by atoms with Crippen LogP contribution in [-0.2, 0) is 11.3 Å². The van der Waals surface area contributed by atoms with Crippen LogP contribution in [-0.4, -0.2) is 41.1 Å². The van der Waals surface area contributed by atoms with Crippen LogP contribution >= 0.6 is 0 Å². The summed E-state index contributed by atoms with van der Waals surface area (Å²) in [7, 11) is 0. The molecule has 2 aliphatic rings. The molecule has 3 heterocycles. The summed E-state index contributed by atoms with van der Waals surface area (Å²) in [6.45, 7) is 4.99. The Labute approximate surface area is 148 Å². The first-order valence-corrected chi connectivity index (χ1v) is 8.99. The molecule has 2 saturated heterocycles. The number of hydrogen-bond donors (Lipinski definition) is 0. The first kappa shape index (κ1) is 16.2. The molecule has 2 aromatic rings. The van der Waals surface area contributed by atoms with Crippen LogP contribution in [0.15, 0.2) is 53.3 Å². The highest BCUT2D eigenvalue weighted by Gasteiger charge is 2.43. The molecule has 5 heteroatoms. The fourth-order valence-corrected chi connectivity index (χ4v) is 4.05. The van der Waals surface area contributed by atoms with Gasteiger partial charge in [-0.15, -0.1) is 0 Å². The van der Waals surface area contributed by atoms with Gasteiger partial charge in [0.2, 0.25) is 0 Å². The zero-order valence-electron chi connectivity index (χ0n) is 14.5. The van der Waals surface area contributed by atoms with Crippen LogP contribution in [0.4, 0.5) is 4.79 Å². The Hall–Kier alpha value is -2.27. The maximum absolute atomic E-state index is 12.5. The van der Waals surface area contributed by atoms with Crippen LogP contribution in [0.2, 0.25) is 0 Å². The first-order valence-electron chi connectivity index (χ1n) is 8.99. The molecule has 2 aliphatic heterocycles. The fourth-order valence-electron chi connectivity index (χ4n) is 4.05. The maximum atomic E-state index is 12.5. The van der Waals surface area contributed by atoms with Gasteiger partial charge in [0.15, 0.2) is 0 Å². The molecule has 2 fully saturated rings. The topological polar surface area (TPSA) is 45.9 Å². The van der Waals surface area contributed by atoms with Crippen molar-refractivity contribution in [2.24, 2.45) is 0 Å². The third-order valence-corrected chi connectivity index (χ3v) is 5.38. The van der Waals surface area contributed by atoms with Gasteiger partial charge >= 0.3 is 6.09 Å². The Morgan fingerprint density at radius 1 is 1.12 bits per heavy atom. The van der Waals surface area contributed by atoms with Crippen LogP contribution in [0.25, 0.3) is 0 Å². The molecular formula is C20H24N2O3. The lowest BCUT2D eigenvalue weighted by molar-refractivity contribution is 0.106. The Morgan fingerprint density at radius 2 is 1.88 bits per heavy atom. The zero-order chi connectivity index (χ0) is 17.2. The molecule has 0 unspecified atom stereocenters. The number of rotatable bonds is 4. The number of cyclic esters (lactones) is 1. The molecule has 1 aromatic heterocycles. The van der Waals surface area contributed by atoms with Gasteiger partial charge in [-0.3, -0.25) is 9.80 Å². The van der Waals surface area contributed by atoms with Gasteiger partial charge in [0, 0.05) is 31.2 Å². The largest absolute Gasteiger partial charge is 0.472 e. The second kappa shape index (κ2) is 6.92. The van der Waals surface area contributed by atoms with E-state index in [-0.39, 0.29) is 24.3 Å². The molecule has 0 radical (unpaired) electrons. The third-order valence-electron chi connectivity index (χ3n) is 5.38. The summed E-state index contributed by atoms with van der Waals surface area (Å²) in [6, 6.07) is 12.4. The van der Waals surface area contributed by atoms with Crippen LogP contribution < -0.4 is 0 Å². The second-order valence-electron chi connectivity index (χ2n) is 7.00. The number of furan rings is 1. The van der Waals surface area contributed by atoms with E-state index in [0.29, 0.717) is 0 Å². The highest BCUT2D eigenvalue weighted by atomic mass is 16.6. The number of carbonyl (C=O) groups is 1. The number of likely N-dealkylation sites (tertiary alicyclic amines) is 1. The van der Waals surface area contributed by atoms with Gasteiger partial charge in [-0.2, -0.15) is 0 Å². The Bertz CT molecular complexity index is 693. The van der Waals surface area contributed by atoms with Crippen molar-refractivity contribution >= 4 is 6.09 Å². The predicted molar refractivity (Wildman–Crippen MR) is 94.0 cm³/mol. The Kier molecular flexibility index (Phi) is 4.49. The van der Waals surface area contributed by atoms with E-state index in [1.807, 2.05) is 41.3 Å². The number of benzene rings is 1. The summed E-state index contributed by atoms with van der Waals surface area (Å²) in [5.41, 5.74) is 2.28. The minimum absolute atomic E-state index is 0.0697. The standard InChI is InChI=1S/C20H24N2O3/c1-15-19(17-5-3-2-4-6-17)25-20(23)22(15)18-7-10-21(11-8-18)13-16-9-12-24-14-16/h2-6,9,12,14-15,18-19H,7-8,10-11,13H2,1H3/t15-,19-/m1/s1. The number of ether oxygens (including phenoxy) is 1. The molecule has 5 nitrogen and oxygen atoms in total. The highest BCUT2D eigenvalue weighted by Crippen LogP contribution is 2.35. The zero-order valence-corrected chi connectivity index (χ0v) is 14.5. The lowest BCUT2D eigenvalue weighted by Gasteiger charge is -2.37. The number of hydrogen-bond acceptors (Lipinski definition) is 4. The van der Waals surface area contributed by atoms with E-state index in [1.165, 1.54) is 5.56 Å². The van der Waals surface area contributed by atoms with E-state index in [9.17, 15) is 4.79 Å². The minimum atomic E-state index is -0.172. The van der Waals surface area contributed by atoms with E-state index in [0.717, 1.165) is 38.0 Å². The van der Waals surface area contributed by atoms with E-state index in [4.69, 9.17) is 9.15 Å². The average Bonchev–Trinajstić information content (AvgIpc) is 3.25. The van der Waals surface area contributed by atoms with E-state index >= 15 is 0 Å². The van der Waals surface area contributed by atoms with Crippen molar-refractivity contribution in [2.45, 2.75) is 44.5 Å². The molecule has 0 saturated carbocycles. The quantitative estimate of drug-likeness (QED) is 0.849. The van der Waals surface area contributed by atoms with Crippen molar-refractivity contribution < 1.29 is 13.9 Å². The lowest BCUT2D eigenvalue weighted by Crippen LogP contribution is -2.47. The minimum Gasteiger partial charge on any atom is -0.472 e. The van der Waals surface area contributed by atoms with Gasteiger partial charge in [-0.05, 0) is 31.4 Å². The molecule has 25 heavy (non-hydrogen) atoms. The third kappa shape index (κ3) is 3.29. The van der Waals surface area contributed by atoms with Crippen molar-refractivity contribution in [1.82, 2.24) is 9.80 Å². The number of nitrogens with zero attached hydrogens (tertiary/aromatic N) is 2. The van der Waals surface area contributed by atoms with Crippen molar-refractivity contribution in [3.8, 4) is 0 Å². The molecule has 132 valence electrons. The monoisotopic (exact) mass is 340 g/mol. The van der Waals surface area contributed by atoms with Gasteiger partial charge in [0.1, 0.15) is 6.10 Å². The number of carbonyl (C=O) groups excluding carboxylic acids is 1. The van der Waals surface area contributed by atoms with Crippen LogP contribution in [0, 0.1) is 0 Å². The smallest absolute Gasteiger partial charge is 0.411 e. The van der Waals surface area contributed by atoms with Crippen molar-refractivity contribution in [1.29, 1.82) is 0 Å². The molecule has 0 N–H and O–H groups in total. The van der Waals surface area contributed by atoms with Crippen molar-refractivity contribution in [3.05, 3.63) is 60.1 Å². The molecule has 1 aromatic carbocycles. The van der Waals surface area contributed by atoms with Crippen molar-refractivity contribution in [3.63, 3.8) is 0 Å². The molecule has 0 bridgehead atoms. The predicted octanol–water partition coefficient (Wildman–Crippen LogP) is 3.83. The Morgan fingerprint density at radius 3 is 2.56 bits per heavy atom. The summed E-state index contributed by atoms with van der Waals surface area (Å²) >= 11 is 0. The fraction of sp³-hybridized carbons (Fsp3) is 0.450. The molecular weight excluding hydrogens is 316 g/mol. The first-order chi connectivity index (χ1) is 12.2. The van der Waals surface area contributed by atoms with E-state index in [2.05, 4.69) is 11.8 Å². The molecule has 2 atom stereocenters. The number of piperidine rings is 1. The molecule has 0 spiro atoms. The van der Waals surface area contributed by atoms with Gasteiger partial charge in [0.05, 0.1) is 18.6 Å². The number of amides is 1. The molecule has 0 aliphatic carbocycles. The SMILES string of the molecule is C[C@@H]1[C@H](c2ccccc2)OC(=O)N1C1CCN(Cc2ccoc2)CC1. The lowest BCUT2D eigenvalue weighted by atomic mass is 9.98. The average molecular weight is 340 g/mol. The van der Waals surface area contributed by atoms with Crippen LogP contribution in [0.5, 0.6) is 0 Å². The summed E-state index contributed by atoms with van der Waals surface area (Å²) < 4.78 is 10.8. The summed E-state index contributed by atoms with van der Waals surface area (Å²) in [6.07, 6.45) is 5.15. The van der Waals surface area contributed by atoms with Gasteiger partial charge in [-0.1, -0.05) is 30.3 Å².